The first-order valence-electron chi connectivity index (χ1n) is 9.76. The molecule has 0 spiro atoms. The van der Waals surface area contributed by atoms with Crippen molar-refractivity contribution in [1.82, 2.24) is 10.2 Å². The zero-order valence-corrected chi connectivity index (χ0v) is 17.2. The smallest absolute Gasteiger partial charge is 0.300 e. The molecule has 3 aliphatic heterocycles. The number of nitrogens with zero attached hydrogens (tertiary/aromatic N) is 2. The monoisotopic (exact) mass is 423 g/mol. The van der Waals surface area contributed by atoms with Crippen molar-refractivity contribution in [3.05, 3.63) is 24.3 Å². The van der Waals surface area contributed by atoms with Gasteiger partial charge in [-0.3, -0.25) is 19.3 Å². The van der Waals surface area contributed by atoms with E-state index in [0.29, 0.717) is 25.7 Å². The molecule has 30 heavy (non-hydrogen) atoms. The molecule has 10 heteroatoms. The number of hydrogen-bond donors (Lipinski definition) is 3. The Morgan fingerprint density at radius 1 is 1.10 bits per heavy atom. The first kappa shape index (κ1) is 23.6. The number of benzene rings is 1. The fourth-order valence-corrected chi connectivity index (χ4v) is 3.51. The number of aliphatic carboxylic acids is 2. The van der Waals surface area contributed by atoms with Gasteiger partial charge in [-0.15, -0.1) is 0 Å². The standard InChI is InChI=1S/C16H21N3O3.2C2H4O2/c20-16(11-18-9-12-15(10-18)21-7-5-17-12)19-6-8-22-14-4-2-1-3-13(14)19;2*1-2(3)4/h1-4,12,15,17H,5-11H2;2*1H3,(H,3,4)/t12-,15-;;/m0../s1. The van der Waals surface area contributed by atoms with Crippen molar-refractivity contribution >= 4 is 23.5 Å². The molecule has 0 aromatic heterocycles. The highest BCUT2D eigenvalue weighted by atomic mass is 16.5. The van der Waals surface area contributed by atoms with Crippen LogP contribution in [0.4, 0.5) is 5.69 Å². The van der Waals surface area contributed by atoms with Gasteiger partial charge in [-0.2, -0.15) is 0 Å². The third-order valence-corrected chi connectivity index (χ3v) is 4.57. The molecule has 0 radical (unpaired) electrons. The molecule has 10 nitrogen and oxygen atoms in total. The molecule has 2 fully saturated rings. The molecule has 3 N–H and O–H groups in total. The van der Waals surface area contributed by atoms with Crippen LogP contribution in [-0.2, 0) is 19.1 Å². The number of carboxylic acid groups (broad SMARTS) is 2. The number of fused-ring (bicyclic) bond motifs is 2. The summed E-state index contributed by atoms with van der Waals surface area (Å²) in [6.07, 6.45) is 0.221. The van der Waals surface area contributed by atoms with E-state index in [-0.39, 0.29) is 12.0 Å². The Hall–Kier alpha value is -2.69. The molecule has 2 saturated heterocycles. The number of hydrogen-bond acceptors (Lipinski definition) is 7. The molecule has 0 unspecified atom stereocenters. The van der Waals surface area contributed by atoms with Crippen molar-refractivity contribution < 1.29 is 34.1 Å². The van der Waals surface area contributed by atoms with Crippen LogP contribution >= 0.6 is 0 Å². The van der Waals surface area contributed by atoms with Gasteiger partial charge in [-0.1, -0.05) is 12.1 Å². The summed E-state index contributed by atoms with van der Waals surface area (Å²) >= 11 is 0. The number of likely N-dealkylation sites (tertiary alicyclic amines) is 1. The molecule has 166 valence electrons. The lowest BCUT2D eigenvalue weighted by Gasteiger charge is -2.30. The summed E-state index contributed by atoms with van der Waals surface area (Å²) in [5.41, 5.74) is 0.879. The lowest BCUT2D eigenvalue weighted by molar-refractivity contribution is -0.135. The molecular formula is C20H29N3O7. The van der Waals surface area contributed by atoms with Gasteiger partial charge in [0.05, 0.1) is 31.5 Å². The number of ether oxygens (including phenoxy) is 2. The molecule has 3 aliphatic rings. The van der Waals surface area contributed by atoms with Gasteiger partial charge < -0.3 is 29.9 Å². The van der Waals surface area contributed by atoms with Gasteiger partial charge in [-0.25, -0.2) is 0 Å². The van der Waals surface area contributed by atoms with Gasteiger partial charge in [0, 0.05) is 39.5 Å². The molecule has 0 aliphatic carbocycles. The van der Waals surface area contributed by atoms with Crippen LogP contribution in [0.3, 0.4) is 0 Å². The number of carboxylic acids is 2. The second-order valence-electron chi connectivity index (χ2n) is 7.06. The van der Waals surface area contributed by atoms with Crippen molar-refractivity contribution in [1.29, 1.82) is 0 Å². The van der Waals surface area contributed by atoms with E-state index in [0.717, 1.165) is 51.5 Å². The average molecular weight is 423 g/mol. The molecule has 0 bridgehead atoms. The summed E-state index contributed by atoms with van der Waals surface area (Å²) < 4.78 is 11.4. The maximum absolute atomic E-state index is 12.7. The minimum atomic E-state index is -0.833. The van der Waals surface area contributed by atoms with E-state index in [9.17, 15) is 4.79 Å². The minimum Gasteiger partial charge on any atom is -0.490 e. The van der Waals surface area contributed by atoms with E-state index in [2.05, 4.69) is 10.2 Å². The van der Waals surface area contributed by atoms with Crippen LogP contribution in [0.2, 0.25) is 0 Å². The van der Waals surface area contributed by atoms with Crippen molar-refractivity contribution in [3.8, 4) is 5.75 Å². The van der Waals surface area contributed by atoms with Gasteiger partial charge in [0.25, 0.3) is 11.9 Å². The maximum atomic E-state index is 12.7. The number of nitrogens with one attached hydrogen (secondary N) is 1. The average Bonchev–Trinajstić information content (AvgIpc) is 3.09. The summed E-state index contributed by atoms with van der Waals surface area (Å²) in [4.78, 5) is 34.7. The Morgan fingerprint density at radius 2 is 1.77 bits per heavy atom. The summed E-state index contributed by atoms with van der Waals surface area (Å²) in [6, 6.07) is 8.09. The predicted molar refractivity (Wildman–Crippen MR) is 109 cm³/mol. The van der Waals surface area contributed by atoms with E-state index in [1.54, 1.807) is 0 Å². The molecule has 0 saturated carbocycles. The Morgan fingerprint density at radius 3 is 2.43 bits per heavy atom. The van der Waals surface area contributed by atoms with E-state index in [1.807, 2.05) is 29.2 Å². The fourth-order valence-electron chi connectivity index (χ4n) is 3.51. The third kappa shape index (κ3) is 7.29. The van der Waals surface area contributed by atoms with Gasteiger partial charge >= 0.3 is 0 Å². The highest BCUT2D eigenvalue weighted by Crippen LogP contribution is 2.31. The summed E-state index contributed by atoms with van der Waals surface area (Å²) in [5, 5.41) is 18.3. The van der Waals surface area contributed by atoms with Crippen LogP contribution < -0.4 is 15.0 Å². The summed E-state index contributed by atoms with van der Waals surface area (Å²) in [7, 11) is 0. The fraction of sp³-hybridized carbons (Fsp3) is 0.550. The Kier molecular flexibility index (Phi) is 9.03. The number of morpholine rings is 1. The summed E-state index contributed by atoms with van der Waals surface area (Å²) in [6.45, 7) is 7.15. The molecule has 2 atom stereocenters. The van der Waals surface area contributed by atoms with Crippen LogP contribution in [0.1, 0.15) is 13.8 Å². The van der Waals surface area contributed by atoms with Gasteiger partial charge in [-0.05, 0) is 12.1 Å². The van der Waals surface area contributed by atoms with E-state index in [1.165, 1.54) is 0 Å². The third-order valence-electron chi connectivity index (χ3n) is 4.57. The Labute approximate surface area is 175 Å². The highest BCUT2D eigenvalue weighted by molar-refractivity contribution is 5.96. The first-order valence-corrected chi connectivity index (χ1v) is 9.76. The molecular weight excluding hydrogens is 394 g/mol. The second kappa shape index (κ2) is 11.5. The lowest BCUT2D eigenvalue weighted by Crippen LogP contribution is -2.47. The number of anilines is 1. The van der Waals surface area contributed by atoms with Crippen molar-refractivity contribution in [3.63, 3.8) is 0 Å². The van der Waals surface area contributed by atoms with E-state index in [4.69, 9.17) is 29.3 Å². The molecule has 3 heterocycles. The van der Waals surface area contributed by atoms with Gasteiger partial charge in [0.2, 0.25) is 5.91 Å². The van der Waals surface area contributed by atoms with Crippen molar-refractivity contribution in [2.45, 2.75) is 26.0 Å². The predicted octanol–water partition coefficient (Wildman–Crippen LogP) is 0.266. The largest absolute Gasteiger partial charge is 0.490 e. The van der Waals surface area contributed by atoms with Crippen molar-refractivity contribution in [2.24, 2.45) is 0 Å². The molecule has 1 amide bonds. The zero-order chi connectivity index (χ0) is 22.1. The maximum Gasteiger partial charge on any atom is 0.300 e. The topological polar surface area (TPSA) is 129 Å². The molecule has 1 aromatic carbocycles. The van der Waals surface area contributed by atoms with Crippen molar-refractivity contribution in [2.75, 3.05) is 50.8 Å². The van der Waals surface area contributed by atoms with Crippen LogP contribution in [-0.4, -0.2) is 91.0 Å². The quantitative estimate of drug-likeness (QED) is 0.614. The van der Waals surface area contributed by atoms with Crippen LogP contribution in [0, 0.1) is 0 Å². The van der Waals surface area contributed by atoms with Crippen LogP contribution in [0.25, 0.3) is 0 Å². The number of carbonyl (C=O) groups is 3. The summed E-state index contributed by atoms with van der Waals surface area (Å²) in [5.74, 6) is -0.739. The first-order chi connectivity index (χ1) is 14.3. The number of para-hydroxylation sites is 2. The Balaban J connectivity index is 0.000000347. The van der Waals surface area contributed by atoms with Crippen LogP contribution in [0.15, 0.2) is 24.3 Å². The normalized spacial score (nSPS) is 22.1. The second-order valence-corrected chi connectivity index (χ2v) is 7.06. The van der Waals surface area contributed by atoms with Crippen LogP contribution in [0.5, 0.6) is 5.75 Å². The van der Waals surface area contributed by atoms with Gasteiger partial charge in [0.15, 0.2) is 0 Å². The van der Waals surface area contributed by atoms with Gasteiger partial charge in [0.1, 0.15) is 12.4 Å². The Bertz CT molecular complexity index is 709. The number of rotatable bonds is 2. The van der Waals surface area contributed by atoms with E-state index >= 15 is 0 Å². The minimum absolute atomic E-state index is 0.134. The SMILES string of the molecule is CC(=O)O.CC(=O)O.O=C(CN1C[C@@H]2NCCO[C@H]2C1)N1CCOc2ccccc21. The number of amides is 1. The number of carbonyl (C=O) groups excluding carboxylic acids is 1. The lowest BCUT2D eigenvalue weighted by atomic mass is 10.2. The van der Waals surface area contributed by atoms with E-state index < -0.39 is 11.9 Å². The molecule has 1 aromatic rings. The zero-order valence-electron chi connectivity index (χ0n) is 17.2. The molecule has 4 rings (SSSR count). The highest BCUT2D eigenvalue weighted by Gasteiger charge is 2.37.